The lowest BCUT2D eigenvalue weighted by Crippen LogP contribution is -2.20. The molecular weight excluding hydrogens is 432 g/mol. The monoisotopic (exact) mass is 447 g/mol. The maximum atomic E-state index is 14.8. The number of aromatic nitrogens is 2. The number of sulfonamides is 1. The molecule has 0 saturated carbocycles. The summed E-state index contributed by atoms with van der Waals surface area (Å²) in [5, 5.41) is 4.30. The van der Waals surface area contributed by atoms with E-state index in [1.807, 2.05) is 4.72 Å². The van der Waals surface area contributed by atoms with Crippen molar-refractivity contribution in [3.05, 3.63) is 72.1 Å². The summed E-state index contributed by atoms with van der Waals surface area (Å²) in [7, 11) is -4.26. The molecule has 0 saturated heterocycles. The molecule has 0 atom stereocenters. The first-order chi connectivity index (χ1) is 14.7. The Morgan fingerprint density at radius 3 is 2.35 bits per heavy atom. The number of nitrogens with one attached hydrogen (secondary N) is 3. The quantitative estimate of drug-likeness (QED) is 0.533. The molecular formula is C19H15F2N5O4S. The van der Waals surface area contributed by atoms with E-state index in [2.05, 4.69) is 20.6 Å². The van der Waals surface area contributed by atoms with Crippen LogP contribution in [0.2, 0.25) is 0 Å². The van der Waals surface area contributed by atoms with Crippen molar-refractivity contribution in [3.8, 4) is 0 Å². The second kappa shape index (κ2) is 8.83. The summed E-state index contributed by atoms with van der Waals surface area (Å²) in [5.74, 6) is -3.89. The average molecular weight is 447 g/mol. The predicted molar refractivity (Wildman–Crippen MR) is 108 cm³/mol. The molecule has 0 fully saturated rings. The van der Waals surface area contributed by atoms with Crippen molar-refractivity contribution >= 4 is 39.0 Å². The Morgan fingerprint density at radius 1 is 0.968 bits per heavy atom. The summed E-state index contributed by atoms with van der Waals surface area (Å²) in [6.07, 6.45) is 2.41. The Kier molecular flexibility index (Phi) is 6.20. The third-order valence-corrected chi connectivity index (χ3v) is 5.08. The highest BCUT2D eigenvalue weighted by Crippen LogP contribution is 2.24. The normalized spacial score (nSPS) is 10.9. The first kappa shape index (κ1) is 21.8. The molecule has 0 bridgehead atoms. The van der Waals surface area contributed by atoms with Gasteiger partial charge in [0.15, 0.2) is 10.8 Å². The van der Waals surface area contributed by atoms with Gasteiger partial charge in [0, 0.05) is 13.1 Å². The minimum Gasteiger partial charge on any atom is -0.320 e. The van der Waals surface area contributed by atoms with Crippen LogP contribution in [-0.2, 0) is 14.8 Å². The molecule has 3 aromatic rings. The fourth-order valence-corrected chi connectivity index (χ4v) is 3.47. The highest BCUT2D eigenvalue weighted by molar-refractivity contribution is 7.92. The van der Waals surface area contributed by atoms with Crippen LogP contribution in [0.3, 0.4) is 0 Å². The predicted octanol–water partition coefficient (Wildman–Crippen LogP) is 2.77. The third kappa shape index (κ3) is 5.17. The SMILES string of the molecule is CC(=O)Nc1ccc(NC(=O)c2c(F)ccc(NS(=O)(=O)c3ccccn3)c2F)cn1. The van der Waals surface area contributed by atoms with E-state index >= 15 is 0 Å². The molecule has 0 unspecified atom stereocenters. The van der Waals surface area contributed by atoms with Crippen LogP contribution in [-0.4, -0.2) is 30.2 Å². The van der Waals surface area contributed by atoms with Gasteiger partial charge in [0.05, 0.1) is 17.6 Å². The van der Waals surface area contributed by atoms with E-state index in [1.165, 1.54) is 49.6 Å². The van der Waals surface area contributed by atoms with Crippen molar-refractivity contribution < 1.29 is 26.8 Å². The van der Waals surface area contributed by atoms with Crippen molar-refractivity contribution in [1.82, 2.24) is 9.97 Å². The van der Waals surface area contributed by atoms with Crippen LogP contribution >= 0.6 is 0 Å². The molecule has 160 valence electrons. The average Bonchev–Trinajstić information content (AvgIpc) is 2.72. The maximum Gasteiger partial charge on any atom is 0.279 e. The molecule has 3 N–H and O–H groups in total. The number of rotatable bonds is 6. The van der Waals surface area contributed by atoms with Gasteiger partial charge in [-0.15, -0.1) is 0 Å². The highest BCUT2D eigenvalue weighted by atomic mass is 32.2. The van der Waals surface area contributed by atoms with E-state index in [1.54, 1.807) is 0 Å². The molecule has 0 aliphatic heterocycles. The fourth-order valence-electron chi connectivity index (χ4n) is 2.46. The number of pyridine rings is 2. The molecule has 0 aliphatic carbocycles. The van der Waals surface area contributed by atoms with Gasteiger partial charge in [-0.25, -0.2) is 18.7 Å². The Bertz CT molecular complexity index is 1240. The standard InChI is InChI=1S/C19H15F2N5O4S/c1-11(27)24-15-8-5-12(10-23-15)25-19(28)17-13(20)6-7-14(18(17)21)26-31(29,30)16-4-2-3-9-22-16/h2-10,26H,1H3,(H,25,28)(H,23,24,27). The summed E-state index contributed by atoms with van der Waals surface area (Å²) >= 11 is 0. The zero-order valence-corrected chi connectivity index (χ0v) is 16.7. The Morgan fingerprint density at radius 2 is 1.74 bits per heavy atom. The van der Waals surface area contributed by atoms with E-state index in [9.17, 15) is 26.8 Å². The van der Waals surface area contributed by atoms with Gasteiger partial charge in [0.25, 0.3) is 15.9 Å². The van der Waals surface area contributed by atoms with Gasteiger partial charge >= 0.3 is 0 Å². The zero-order chi connectivity index (χ0) is 22.6. The molecule has 2 amide bonds. The lowest BCUT2D eigenvalue weighted by molar-refractivity contribution is -0.114. The lowest BCUT2D eigenvalue weighted by Gasteiger charge is -2.12. The topological polar surface area (TPSA) is 130 Å². The number of nitrogens with zero attached hydrogens (tertiary/aromatic N) is 2. The summed E-state index contributed by atoms with van der Waals surface area (Å²) in [5.41, 5.74) is -1.53. The van der Waals surface area contributed by atoms with Gasteiger partial charge in [-0.05, 0) is 36.4 Å². The van der Waals surface area contributed by atoms with Gasteiger partial charge in [-0.1, -0.05) is 6.07 Å². The molecule has 12 heteroatoms. The van der Waals surface area contributed by atoms with Crippen LogP contribution in [0.5, 0.6) is 0 Å². The van der Waals surface area contributed by atoms with Crippen LogP contribution in [0.25, 0.3) is 0 Å². The van der Waals surface area contributed by atoms with E-state index in [0.29, 0.717) is 0 Å². The summed E-state index contributed by atoms with van der Waals surface area (Å²) in [6.45, 7) is 1.29. The van der Waals surface area contributed by atoms with Crippen molar-refractivity contribution in [3.63, 3.8) is 0 Å². The Labute approximate surface area is 175 Å². The summed E-state index contributed by atoms with van der Waals surface area (Å²) in [4.78, 5) is 31.0. The van der Waals surface area contributed by atoms with Crippen molar-refractivity contribution in [2.75, 3.05) is 15.4 Å². The van der Waals surface area contributed by atoms with Crippen LogP contribution in [0.4, 0.5) is 26.0 Å². The number of anilines is 3. The van der Waals surface area contributed by atoms with Gasteiger partial charge in [-0.3, -0.25) is 14.3 Å². The number of carbonyl (C=O) groups excluding carboxylic acids is 2. The fraction of sp³-hybridized carbons (Fsp3) is 0.0526. The van der Waals surface area contributed by atoms with E-state index in [4.69, 9.17) is 0 Å². The van der Waals surface area contributed by atoms with E-state index in [-0.39, 0.29) is 22.4 Å². The van der Waals surface area contributed by atoms with E-state index in [0.717, 1.165) is 12.1 Å². The second-order valence-electron chi connectivity index (χ2n) is 6.12. The zero-order valence-electron chi connectivity index (χ0n) is 15.9. The Hall–Kier alpha value is -3.93. The molecule has 0 aliphatic rings. The first-order valence-electron chi connectivity index (χ1n) is 8.64. The molecule has 2 heterocycles. The highest BCUT2D eigenvalue weighted by Gasteiger charge is 2.24. The molecule has 31 heavy (non-hydrogen) atoms. The Balaban J connectivity index is 1.85. The molecule has 0 spiro atoms. The minimum absolute atomic E-state index is 0.0948. The lowest BCUT2D eigenvalue weighted by atomic mass is 10.1. The van der Waals surface area contributed by atoms with Crippen LogP contribution in [0.1, 0.15) is 17.3 Å². The number of benzene rings is 1. The van der Waals surface area contributed by atoms with Gasteiger partial charge in [0.1, 0.15) is 17.2 Å². The van der Waals surface area contributed by atoms with Gasteiger partial charge < -0.3 is 10.6 Å². The maximum absolute atomic E-state index is 14.8. The summed E-state index contributed by atoms with van der Waals surface area (Å²) in [6, 6.07) is 8.46. The van der Waals surface area contributed by atoms with Crippen LogP contribution in [0.15, 0.2) is 59.9 Å². The number of halogens is 2. The van der Waals surface area contributed by atoms with Crippen molar-refractivity contribution in [2.45, 2.75) is 11.9 Å². The van der Waals surface area contributed by atoms with E-state index < -0.39 is 38.8 Å². The molecule has 9 nitrogen and oxygen atoms in total. The smallest absolute Gasteiger partial charge is 0.279 e. The second-order valence-corrected chi connectivity index (χ2v) is 7.75. The number of hydrogen-bond acceptors (Lipinski definition) is 6. The minimum atomic E-state index is -4.26. The first-order valence-corrected chi connectivity index (χ1v) is 10.1. The number of hydrogen-bond donors (Lipinski definition) is 3. The largest absolute Gasteiger partial charge is 0.320 e. The number of carbonyl (C=O) groups is 2. The summed E-state index contributed by atoms with van der Waals surface area (Å²) < 4.78 is 55.7. The molecule has 0 radical (unpaired) electrons. The molecule has 3 rings (SSSR count). The number of amides is 2. The van der Waals surface area contributed by atoms with Crippen LogP contribution in [0, 0.1) is 11.6 Å². The van der Waals surface area contributed by atoms with Crippen molar-refractivity contribution in [1.29, 1.82) is 0 Å². The molecule has 2 aromatic heterocycles. The van der Waals surface area contributed by atoms with Crippen LogP contribution < -0.4 is 15.4 Å². The third-order valence-electron chi connectivity index (χ3n) is 3.80. The van der Waals surface area contributed by atoms with Gasteiger partial charge in [-0.2, -0.15) is 8.42 Å². The molecule has 1 aromatic carbocycles. The van der Waals surface area contributed by atoms with Crippen molar-refractivity contribution in [2.24, 2.45) is 0 Å². The van der Waals surface area contributed by atoms with Gasteiger partial charge in [0.2, 0.25) is 5.91 Å².